The molecule has 0 heterocycles. The molecule has 2 nitrogen and oxygen atoms in total. The minimum absolute atomic E-state index is 0.0719. The van der Waals surface area contributed by atoms with Crippen LogP contribution in [0.1, 0.15) is 30.1 Å². The van der Waals surface area contributed by atoms with Gasteiger partial charge in [-0.3, -0.25) is 4.79 Å². The summed E-state index contributed by atoms with van der Waals surface area (Å²) in [4.78, 5) is 14.2. The molecule has 0 bridgehead atoms. The summed E-state index contributed by atoms with van der Waals surface area (Å²) >= 11 is 9.32. The largest absolute Gasteiger partial charge is 0.339 e. The van der Waals surface area contributed by atoms with Gasteiger partial charge in [0.25, 0.3) is 5.91 Å². The third-order valence-corrected chi connectivity index (χ3v) is 3.63. The molecule has 1 aromatic carbocycles. The second kappa shape index (κ2) is 5.40. The molecular weight excluding hydrogens is 302 g/mol. The van der Waals surface area contributed by atoms with Gasteiger partial charge in [0, 0.05) is 28.1 Å². The third-order valence-electron chi connectivity index (χ3n) is 2.95. The monoisotopic (exact) mass is 315 g/mol. The van der Waals surface area contributed by atoms with Crippen molar-refractivity contribution in [1.29, 1.82) is 0 Å². The van der Waals surface area contributed by atoms with Crippen molar-refractivity contribution in [2.24, 2.45) is 5.92 Å². The number of carbonyl (C=O) groups is 1. The van der Waals surface area contributed by atoms with Crippen LogP contribution in [0.2, 0.25) is 5.02 Å². The van der Waals surface area contributed by atoms with Crippen LogP contribution in [-0.4, -0.2) is 23.9 Å². The molecule has 17 heavy (non-hydrogen) atoms. The summed E-state index contributed by atoms with van der Waals surface area (Å²) in [6, 6.07) is 5.34. The summed E-state index contributed by atoms with van der Waals surface area (Å²) < 4.78 is 0.843. The van der Waals surface area contributed by atoms with Gasteiger partial charge in [0.2, 0.25) is 0 Å². The van der Waals surface area contributed by atoms with E-state index >= 15 is 0 Å². The molecule has 0 aliphatic heterocycles. The smallest absolute Gasteiger partial charge is 0.253 e. The normalized spacial score (nSPS) is 14.8. The molecule has 1 aliphatic rings. The Kier molecular flexibility index (Phi) is 4.10. The highest BCUT2D eigenvalue weighted by Gasteiger charge is 2.26. The van der Waals surface area contributed by atoms with Crippen molar-refractivity contribution in [2.45, 2.75) is 19.8 Å². The summed E-state index contributed by atoms with van der Waals surface area (Å²) in [6.45, 7) is 3.64. The summed E-state index contributed by atoms with van der Waals surface area (Å²) in [6.07, 6.45) is 2.51. The molecule has 1 amide bonds. The van der Waals surface area contributed by atoms with E-state index in [-0.39, 0.29) is 5.91 Å². The summed E-state index contributed by atoms with van der Waals surface area (Å²) in [5.41, 5.74) is 0.659. The van der Waals surface area contributed by atoms with E-state index < -0.39 is 0 Å². The van der Waals surface area contributed by atoms with Crippen LogP contribution in [0, 0.1) is 5.92 Å². The molecule has 0 saturated heterocycles. The van der Waals surface area contributed by atoms with Crippen LogP contribution in [0.5, 0.6) is 0 Å². The number of rotatable bonds is 4. The van der Waals surface area contributed by atoms with Crippen molar-refractivity contribution in [1.82, 2.24) is 4.90 Å². The second-order valence-corrected chi connectivity index (χ2v) is 5.80. The Morgan fingerprint density at radius 2 is 2.18 bits per heavy atom. The van der Waals surface area contributed by atoms with E-state index in [1.807, 2.05) is 17.9 Å². The first-order valence-electron chi connectivity index (χ1n) is 5.85. The predicted molar refractivity (Wildman–Crippen MR) is 73.5 cm³/mol. The van der Waals surface area contributed by atoms with Crippen LogP contribution >= 0.6 is 27.5 Å². The van der Waals surface area contributed by atoms with Gasteiger partial charge in [0.1, 0.15) is 0 Å². The zero-order chi connectivity index (χ0) is 12.4. The fourth-order valence-corrected chi connectivity index (χ4v) is 2.69. The van der Waals surface area contributed by atoms with Gasteiger partial charge in [-0.2, -0.15) is 0 Å². The predicted octanol–water partition coefficient (Wildman–Crippen LogP) is 3.97. The molecule has 1 aliphatic carbocycles. The lowest BCUT2D eigenvalue weighted by atomic mass is 10.2. The Hall–Kier alpha value is -0.540. The topological polar surface area (TPSA) is 20.3 Å². The van der Waals surface area contributed by atoms with Crippen molar-refractivity contribution in [3.8, 4) is 0 Å². The molecule has 1 aromatic rings. The van der Waals surface area contributed by atoms with E-state index in [0.717, 1.165) is 17.6 Å². The quantitative estimate of drug-likeness (QED) is 0.823. The lowest BCUT2D eigenvalue weighted by Crippen LogP contribution is -2.32. The zero-order valence-electron chi connectivity index (χ0n) is 9.75. The maximum absolute atomic E-state index is 12.3. The number of benzene rings is 1. The number of nitrogens with zero attached hydrogens (tertiary/aromatic N) is 1. The Morgan fingerprint density at radius 1 is 1.47 bits per heavy atom. The maximum atomic E-state index is 12.3. The molecule has 92 valence electrons. The standard InChI is InChI=1S/C13H15BrClNO/c1-2-16(8-9-3-4-9)13(17)10-5-11(14)7-12(15)6-10/h5-7,9H,2-4,8H2,1H3. The molecule has 0 aromatic heterocycles. The second-order valence-electron chi connectivity index (χ2n) is 4.45. The Morgan fingerprint density at radius 3 is 2.71 bits per heavy atom. The van der Waals surface area contributed by atoms with Gasteiger partial charge in [-0.25, -0.2) is 0 Å². The van der Waals surface area contributed by atoms with E-state index in [9.17, 15) is 4.79 Å². The Balaban J connectivity index is 2.15. The van der Waals surface area contributed by atoms with Gasteiger partial charge in [0.05, 0.1) is 0 Å². The highest BCUT2D eigenvalue weighted by atomic mass is 79.9. The number of carbonyl (C=O) groups excluding carboxylic acids is 1. The van der Waals surface area contributed by atoms with E-state index in [4.69, 9.17) is 11.6 Å². The van der Waals surface area contributed by atoms with E-state index in [1.165, 1.54) is 12.8 Å². The first kappa shape index (κ1) is 12.9. The molecule has 1 saturated carbocycles. The highest BCUT2D eigenvalue weighted by Crippen LogP contribution is 2.30. The number of hydrogen-bond acceptors (Lipinski definition) is 1. The molecule has 4 heteroatoms. The van der Waals surface area contributed by atoms with Gasteiger partial charge in [-0.05, 0) is 43.9 Å². The molecule has 0 N–H and O–H groups in total. The lowest BCUT2D eigenvalue weighted by Gasteiger charge is -2.21. The third kappa shape index (κ3) is 3.46. The van der Waals surface area contributed by atoms with Gasteiger partial charge >= 0.3 is 0 Å². The maximum Gasteiger partial charge on any atom is 0.253 e. The minimum Gasteiger partial charge on any atom is -0.339 e. The number of hydrogen-bond donors (Lipinski definition) is 0. The van der Waals surface area contributed by atoms with Gasteiger partial charge in [-0.15, -0.1) is 0 Å². The zero-order valence-corrected chi connectivity index (χ0v) is 12.1. The first-order valence-corrected chi connectivity index (χ1v) is 7.02. The number of halogens is 2. The van der Waals surface area contributed by atoms with E-state index in [0.29, 0.717) is 16.5 Å². The fraction of sp³-hybridized carbons (Fsp3) is 0.462. The van der Waals surface area contributed by atoms with Crippen molar-refractivity contribution in [3.63, 3.8) is 0 Å². The average molecular weight is 317 g/mol. The van der Waals surface area contributed by atoms with Gasteiger partial charge < -0.3 is 4.90 Å². The van der Waals surface area contributed by atoms with Crippen molar-refractivity contribution >= 4 is 33.4 Å². The van der Waals surface area contributed by atoms with Crippen molar-refractivity contribution in [3.05, 3.63) is 33.3 Å². The average Bonchev–Trinajstić information content (AvgIpc) is 3.07. The fourth-order valence-electron chi connectivity index (χ4n) is 1.83. The molecule has 0 spiro atoms. The summed E-state index contributed by atoms with van der Waals surface area (Å²) in [5, 5.41) is 0.588. The van der Waals surface area contributed by atoms with E-state index in [2.05, 4.69) is 15.9 Å². The van der Waals surface area contributed by atoms with Crippen molar-refractivity contribution in [2.75, 3.05) is 13.1 Å². The molecular formula is C13H15BrClNO. The van der Waals surface area contributed by atoms with Crippen LogP contribution in [0.3, 0.4) is 0 Å². The minimum atomic E-state index is 0.0719. The van der Waals surface area contributed by atoms with Crippen LogP contribution in [-0.2, 0) is 0 Å². The SMILES string of the molecule is CCN(CC1CC1)C(=O)c1cc(Cl)cc(Br)c1. The van der Waals surface area contributed by atoms with Crippen LogP contribution in [0.15, 0.2) is 22.7 Å². The first-order chi connectivity index (χ1) is 8.10. The molecule has 0 atom stereocenters. The summed E-state index contributed by atoms with van der Waals surface area (Å²) in [7, 11) is 0. The highest BCUT2D eigenvalue weighted by molar-refractivity contribution is 9.10. The van der Waals surface area contributed by atoms with Crippen molar-refractivity contribution < 1.29 is 4.79 Å². The Bertz CT molecular complexity index is 411. The van der Waals surface area contributed by atoms with Crippen LogP contribution in [0.4, 0.5) is 0 Å². The molecule has 0 unspecified atom stereocenters. The summed E-state index contributed by atoms with van der Waals surface area (Å²) in [5.74, 6) is 0.782. The lowest BCUT2D eigenvalue weighted by molar-refractivity contribution is 0.0757. The Labute approximate surface area is 115 Å². The van der Waals surface area contributed by atoms with Gasteiger partial charge in [-0.1, -0.05) is 27.5 Å². The number of amides is 1. The molecule has 0 radical (unpaired) electrons. The van der Waals surface area contributed by atoms with Crippen LogP contribution in [0.25, 0.3) is 0 Å². The van der Waals surface area contributed by atoms with Gasteiger partial charge in [0.15, 0.2) is 0 Å². The molecule has 2 rings (SSSR count). The van der Waals surface area contributed by atoms with E-state index in [1.54, 1.807) is 12.1 Å². The van der Waals surface area contributed by atoms with Crippen LogP contribution < -0.4 is 0 Å². The molecule has 1 fully saturated rings.